The fourth-order valence-electron chi connectivity index (χ4n) is 1.43. The van der Waals surface area contributed by atoms with Gasteiger partial charge in [0.1, 0.15) is 0 Å². The Morgan fingerprint density at radius 2 is 1.82 bits per heavy atom. The molecule has 2 rings (SSSR count). The lowest BCUT2D eigenvalue weighted by molar-refractivity contribution is 0.592. The molecule has 0 aliphatic heterocycles. The molecule has 0 spiro atoms. The van der Waals surface area contributed by atoms with Gasteiger partial charge in [0.15, 0.2) is 5.03 Å². The second-order valence-corrected chi connectivity index (χ2v) is 5.89. The predicted molar refractivity (Wildman–Crippen MR) is 65.9 cm³/mol. The summed E-state index contributed by atoms with van der Waals surface area (Å²) in [6, 6.07) is 9.71. The maximum absolute atomic E-state index is 12.2. The molecule has 3 nitrogen and oxygen atoms in total. The third-order valence-electron chi connectivity index (χ3n) is 2.25. The fraction of sp³-hybridized carbons (Fsp3) is 0.0833. The Morgan fingerprint density at radius 3 is 2.41 bits per heavy atom. The number of aromatic nitrogens is 1. The van der Waals surface area contributed by atoms with E-state index in [1.165, 1.54) is 18.3 Å². The van der Waals surface area contributed by atoms with Crippen LogP contribution in [-0.4, -0.2) is 13.4 Å². The number of rotatable bonds is 2. The van der Waals surface area contributed by atoms with Gasteiger partial charge in [-0.2, -0.15) is 0 Å². The molecule has 2 aromatic rings. The Balaban J connectivity index is 2.61. The molecule has 0 aliphatic rings. The van der Waals surface area contributed by atoms with Crippen LogP contribution in [-0.2, 0) is 9.84 Å². The van der Waals surface area contributed by atoms with E-state index in [2.05, 4.69) is 4.98 Å². The van der Waals surface area contributed by atoms with E-state index in [-0.39, 0.29) is 14.9 Å². The maximum Gasteiger partial charge on any atom is 0.225 e. The number of aryl methyl sites for hydroxylation is 1. The molecule has 1 heterocycles. The molecule has 1 aromatic carbocycles. The van der Waals surface area contributed by atoms with Gasteiger partial charge >= 0.3 is 0 Å². The minimum atomic E-state index is -3.63. The van der Waals surface area contributed by atoms with Gasteiger partial charge in [-0.1, -0.05) is 29.8 Å². The summed E-state index contributed by atoms with van der Waals surface area (Å²) in [5.41, 5.74) is 0.821. The smallest absolute Gasteiger partial charge is 0.225 e. The van der Waals surface area contributed by atoms with E-state index in [4.69, 9.17) is 11.6 Å². The lowest BCUT2D eigenvalue weighted by Crippen LogP contribution is -2.05. The number of sulfone groups is 1. The van der Waals surface area contributed by atoms with Crippen molar-refractivity contribution >= 4 is 21.4 Å². The zero-order valence-electron chi connectivity index (χ0n) is 9.09. The van der Waals surface area contributed by atoms with Crippen molar-refractivity contribution in [3.05, 3.63) is 53.2 Å². The molecule has 0 atom stereocenters. The van der Waals surface area contributed by atoms with Gasteiger partial charge in [0.2, 0.25) is 9.84 Å². The van der Waals surface area contributed by atoms with E-state index in [1.807, 2.05) is 0 Å². The molecule has 0 unspecified atom stereocenters. The molecule has 0 radical (unpaired) electrons. The molecule has 0 fully saturated rings. The number of benzene rings is 1. The van der Waals surface area contributed by atoms with Crippen molar-refractivity contribution in [2.75, 3.05) is 0 Å². The summed E-state index contributed by atoms with van der Waals surface area (Å²) in [6.07, 6.45) is 1.49. The molecule has 0 aliphatic carbocycles. The van der Waals surface area contributed by atoms with Crippen molar-refractivity contribution < 1.29 is 8.42 Å². The van der Waals surface area contributed by atoms with Gasteiger partial charge in [0.25, 0.3) is 0 Å². The lowest BCUT2D eigenvalue weighted by Gasteiger charge is -2.05. The van der Waals surface area contributed by atoms with E-state index in [1.54, 1.807) is 31.2 Å². The van der Waals surface area contributed by atoms with Crippen molar-refractivity contribution in [2.45, 2.75) is 16.8 Å². The molecular weight excluding hydrogens is 258 g/mol. The number of halogens is 1. The van der Waals surface area contributed by atoms with Crippen molar-refractivity contribution in [3.8, 4) is 0 Å². The molecular formula is C12H10ClNO2S. The summed E-state index contributed by atoms with van der Waals surface area (Å²) in [6.45, 7) is 1.80. The normalized spacial score (nSPS) is 11.4. The van der Waals surface area contributed by atoms with Crippen LogP contribution in [0.2, 0.25) is 5.02 Å². The van der Waals surface area contributed by atoms with Crippen LogP contribution < -0.4 is 0 Å². The second-order valence-electron chi connectivity index (χ2n) is 3.62. The Labute approximate surface area is 105 Å². The maximum atomic E-state index is 12.2. The first-order valence-corrected chi connectivity index (χ1v) is 6.80. The largest absolute Gasteiger partial charge is 0.243 e. The average molecular weight is 268 g/mol. The quantitative estimate of drug-likeness (QED) is 0.841. The van der Waals surface area contributed by atoms with Crippen molar-refractivity contribution in [1.82, 2.24) is 4.98 Å². The van der Waals surface area contributed by atoms with Gasteiger partial charge in [-0.25, -0.2) is 13.4 Å². The van der Waals surface area contributed by atoms with Crippen LogP contribution >= 0.6 is 11.6 Å². The molecule has 0 saturated heterocycles. The van der Waals surface area contributed by atoms with Crippen LogP contribution in [0.4, 0.5) is 0 Å². The molecule has 5 heteroatoms. The van der Waals surface area contributed by atoms with E-state index >= 15 is 0 Å². The van der Waals surface area contributed by atoms with Gasteiger partial charge < -0.3 is 0 Å². The Kier molecular flexibility index (Phi) is 3.17. The molecule has 0 N–H and O–H groups in total. The lowest BCUT2D eigenvalue weighted by atomic mass is 10.3. The highest BCUT2D eigenvalue weighted by Gasteiger charge is 2.21. The standard InChI is InChI=1S/C12H10ClNO2S/c1-9-7-11(13)12(14-8-9)17(15,16)10-5-3-2-4-6-10/h2-8H,1H3. The zero-order chi connectivity index (χ0) is 12.5. The van der Waals surface area contributed by atoms with Crippen molar-refractivity contribution in [1.29, 1.82) is 0 Å². The first-order chi connectivity index (χ1) is 8.01. The van der Waals surface area contributed by atoms with Crippen molar-refractivity contribution in [3.63, 3.8) is 0 Å². The number of pyridine rings is 1. The first kappa shape index (κ1) is 12.1. The number of hydrogen-bond donors (Lipinski definition) is 0. The fourth-order valence-corrected chi connectivity index (χ4v) is 3.20. The van der Waals surface area contributed by atoms with E-state index in [0.717, 1.165) is 5.56 Å². The average Bonchev–Trinajstić information content (AvgIpc) is 2.29. The highest BCUT2D eigenvalue weighted by atomic mass is 35.5. The second kappa shape index (κ2) is 4.47. The third kappa shape index (κ3) is 2.33. The Bertz CT molecular complexity index is 639. The van der Waals surface area contributed by atoms with Crippen molar-refractivity contribution in [2.24, 2.45) is 0 Å². The van der Waals surface area contributed by atoms with Gasteiger partial charge in [-0.05, 0) is 30.7 Å². The van der Waals surface area contributed by atoms with Gasteiger partial charge in [0, 0.05) is 6.20 Å². The van der Waals surface area contributed by atoms with Gasteiger partial charge in [-0.3, -0.25) is 0 Å². The summed E-state index contributed by atoms with van der Waals surface area (Å²) >= 11 is 5.92. The minimum Gasteiger partial charge on any atom is -0.243 e. The minimum absolute atomic E-state index is 0.101. The van der Waals surface area contributed by atoms with Crippen LogP contribution in [0.25, 0.3) is 0 Å². The molecule has 0 amide bonds. The summed E-state index contributed by atoms with van der Waals surface area (Å²) in [4.78, 5) is 4.10. The first-order valence-electron chi connectivity index (χ1n) is 4.94. The molecule has 0 bridgehead atoms. The topological polar surface area (TPSA) is 47.0 Å². The number of hydrogen-bond acceptors (Lipinski definition) is 3. The van der Waals surface area contributed by atoms with Gasteiger partial charge in [-0.15, -0.1) is 0 Å². The Morgan fingerprint density at radius 1 is 1.18 bits per heavy atom. The van der Waals surface area contributed by atoms with Crippen LogP contribution in [0.15, 0.2) is 52.5 Å². The summed E-state index contributed by atoms with van der Waals surface area (Å²) in [5.74, 6) is 0. The third-order valence-corrected chi connectivity index (χ3v) is 4.38. The van der Waals surface area contributed by atoms with E-state index in [0.29, 0.717) is 0 Å². The molecule has 1 aromatic heterocycles. The van der Waals surface area contributed by atoms with Crippen LogP contribution in [0, 0.1) is 6.92 Å². The van der Waals surface area contributed by atoms with Gasteiger partial charge in [0.05, 0.1) is 9.92 Å². The highest BCUT2D eigenvalue weighted by Crippen LogP contribution is 2.25. The number of nitrogens with zero attached hydrogens (tertiary/aromatic N) is 1. The van der Waals surface area contributed by atoms with Crippen LogP contribution in [0.3, 0.4) is 0 Å². The van der Waals surface area contributed by atoms with Crippen LogP contribution in [0.1, 0.15) is 5.56 Å². The highest BCUT2D eigenvalue weighted by molar-refractivity contribution is 7.91. The van der Waals surface area contributed by atoms with E-state index < -0.39 is 9.84 Å². The predicted octanol–water partition coefficient (Wildman–Crippen LogP) is 2.88. The Hall–Kier alpha value is -1.39. The molecule has 0 saturated carbocycles. The van der Waals surface area contributed by atoms with E-state index in [9.17, 15) is 8.42 Å². The summed E-state index contributed by atoms with van der Waals surface area (Å²) < 4.78 is 24.4. The summed E-state index contributed by atoms with van der Waals surface area (Å²) in [7, 11) is -3.63. The molecule has 88 valence electrons. The van der Waals surface area contributed by atoms with Crippen LogP contribution in [0.5, 0.6) is 0 Å². The molecule has 17 heavy (non-hydrogen) atoms. The zero-order valence-corrected chi connectivity index (χ0v) is 10.7. The monoisotopic (exact) mass is 267 g/mol. The summed E-state index contributed by atoms with van der Waals surface area (Å²) in [5, 5.41) is 0.0461. The SMILES string of the molecule is Cc1cnc(S(=O)(=O)c2ccccc2)c(Cl)c1.